The first-order valence-corrected chi connectivity index (χ1v) is 6.92. The van der Waals surface area contributed by atoms with Gasteiger partial charge in [0.25, 0.3) is 5.91 Å². The summed E-state index contributed by atoms with van der Waals surface area (Å²) >= 11 is 0. The number of carbonyl (C=O) groups is 1. The van der Waals surface area contributed by atoms with Crippen molar-refractivity contribution in [2.45, 2.75) is 19.3 Å². The third-order valence-electron chi connectivity index (χ3n) is 3.69. The molecule has 108 valence electrons. The SMILES string of the molecule is CC1OC(c2ccccc2)CN1C(=O)c1ccc(F)cc1. The molecule has 1 aliphatic rings. The van der Waals surface area contributed by atoms with E-state index in [1.54, 1.807) is 4.90 Å². The molecule has 21 heavy (non-hydrogen) atoms. The molecule has 1 heterocycles. The molecule has 2 aromatic carbocycles. The molecule has 0 aromatic heterocycles. The second-order valence-electron chi connectivity index (χ2n) is 5.10. The minimum absolute atomic E-state index is 0.120. The summed E-state index contributed by atoms with van der Waals surface area (Å²) in [6, 6.07) is 15.4. The Kier molecular flexibility index (Phi) is 3.71. The molecule has 1 fully saturated rings. The van der Waals surface area contributed by atoms with E-state index >= 15 is 0 Å². The lowest BCUT2D eigenvalue weighted by atomic mass is 10.1. The highest BCUT2D eigenvalue weighted by Crippen LogP contribution is 2.29. The molecule has 1 saturated heterocycles. The number of hydrogen-bond acceptors (Lipinski definition) is 2. The smallest absolute Gasteiger partial charge is 0.255 e. The number of benzene rings is 2. The summed E-state index contributed by atoms with van der Waals surface area (Å²) in [5, 5.41) is 0. The van der Waals surface area contributed by atoms with E-state index in [-0.39, 0.29) is 24.1 Å². The number of carbonyl (C=O) groups excluding carboxylic acids is 1. The van der Waals surface area contributed by atoms with Gasteiger partial charge < -0.3 is 9.64 Å². The Bertz CT molecular complexity index is 627. The number of hydrogen-bond donors (Lipinski definition) is 0. The van der Waals surface area contributed by atoms with Crippen molar-refractivity contribution in [1.82, 2.24) is 4.90 Å². The molecule has 0 N–H and O–H groups in total. The number of halogens is 1. The van der Waals surface area contributed by atoms with Crippen molar-refractivity contribution in [3.8, 4) is 0 Å². The monoisotopic (exact) mass is 285 g/mol. The van der Waals surface area contributed by atoms with Crippen molar-refractivity contribution < 1.29 is 13.9 Å². The Morgan fingerprint density at radius 3 is 2.48 bits per heavy atom. The minimum atomic E-state index is -0.348. The van der Waals surface area contributed by atoms with Crippen LogP contribution in [0.15, 0.2) is 54.6 Å². The van der Waals surface area contributed by atoms with Gasteiger partial charge in [0, 0.05) is 5.56 Å². The van der Waals surface area contributed by atoms with Crippen LogP contribution in [0.4, 0.5) is 4.39 Å². The molecule has 1 amide bonds. The first-order valence-electron chi connectivity index (χ1n) is 6.92. The lowest BCUT2D eigenvalue weighted by molar-refractivity contribution is 0.0138. The predicted molar refractivity (Wildman–Crippen MR) is 77.2 cm³/mol. The summed E-state index contributed by atoms with van der Waals surface area (Å²) in [7, 11) is 0. The molecule has 4 heteroatoms. The highest BCUT2D eigenvalue weighted by molar-refractivity contribution is 5.94. The maximum atomic E-state index is 12.9. The summed E-state index contributed by atoms with van der Waals surface area (Å²) in [6.45, 7) is 2.35. The zero-order valence-electron chi connectivity index (χ0n) is 11.7. The van der Waals surface area contributed by atoms with Crippen LogP contribution in [0, 0.1) is 5.82 Å². The molecule has 0 spiro atoms. The minimum Gasteiger partial charge on any atom is -0.349 e. The molecule has 0 aliphatic carbocycles. The largest absolute Gasteiger partial charge is 0.349 e. The van der Waals surface area contributed by atoms with Gasteiger partial charge in [-0.1, -0.05) is 30.3 Å². The van der Waals surface area contributed by atoms with Crippen molar-refractivity contribution in [2.24, 2.45) is 0 Å². The number of amides is 1. The van der Waals surface area contributed by atoms with E-state index < -0.39 is 0 Å². The third-order valence-corrected chi connectivity index (χ3v) is 3.69. The second kappa shape index (κ2) is 5.66. The molecule has 3 rings (SSSR count). The highest BCUT2D eigenvalue weighted by atomic mass is 19.1. The van der Waals surface area contributed by atoms with E-state index in [1.165, 1.54) is 24.3 Å². The predicted octanol–water partition coefficient (Wildman–Crippen LogP) is 3.39. The van der Waals surface area contributed by atoms with E-state index in [4.69, 9.17) is 4.74 Å². The van der Waals surface area contributed by atoms with Crippen LogP contribution < -0.4 is 0 Å². The van der Waals surface area contributed by atoms with Crippen LogP contribution in [0.25, 0.3) is 0 Å². The summed E-state index contributed by atoms with van der Waals surface area (Å²) in [5.41, 5.74) is 1.53. The lowest BCUT2D eigenvalue weighted by Gasteiger charge is -2.19. The van der Waals surface area contributed by atoms with Crippen molar-refractivity contribution in [1.29, 1.82) is 0 Å². The van der Waals surface area contributed by atoms with Gasteiger partial charge in [0.15, 0.2) is 0 Å². The van der Waals surface area contributed by atoms with Crippen LogP contribution in [0.5, 0.6) is 0 Å². The van der Waals surface area contributed by atoms with Crippen molar-refractivity contribution in [3.63, 3.8) is 0 Å². The van der Waals surface area contributed by atoms with Crippen molar-refractivity contribution >= 4 is 5.91 Å². The highest BCUT2D eigenvalue weighted by Gasteiger charge is 2.34. The Hall–Kier alpha value is -2.20. The fourth-order valence-corrected chi connectivity index (χ4v) is 2.54. The Balaban J connectivity index is 1.77. The standard InChI is InChI=1S/C17H16FNO2/c1-12-19(17(20)14-7-9-15(18)10-8-14)11-16(21-12)13-5-3-2-4-6-13/h2-10,12,16H,11H2,1H3. The van der Waals surface area contributed by atoms with Gasteiger partial charge in [0.2, 0.25) is 0 Å². The van der Waals surface area contributed by atoms with Crippen LogP contribution in [-0.4, -0.2) is 23.6 Å². The average Bonchev–Trinajstić information content (AvgIpc) is 2.90. The summed E-state index contributed by atoms with van der Waals surface area (Å²) in [5.74, 6) is -0.486. The van der Waals surface area contributed by atoms with Crippen molar-refractivity contribution in [3.05, 3.63) is 71.5 Å². The Labute approximate surface area is 123 Å². The third kappa shape index (κ3) is 2.81. The van der Waals surface area contributed by atoms with Crippen LogP contribution in [0.2, 0.25) is 0 Å². The van der Waals surface area contributed by atoms with Crippen LogP contribution in [0.1, 0.15) is 28.9 Å². The molecule has 2 aromatic rings. The number of ether oxygens (including phenoxy) is 1. The van der Waals surface area contributed by atoms with Gasteiger partial charge in [-0.25, -0.2) is 4.39 Å². The second-order valence-corrected chi connectivity index (χ2v) is 5.10. The van der Waals surface area contributed by atoms with Gasteiger partial charge >= 0.3 is 0 Å². The topological polar surface area (TPSA) is 29.5 Å². The molecule has 2 unspecified atom stereocenters. The Morgan fingerprint density at radius 1 is 1.14 bits per heavy atom. The van der Waals surface area contributed by atoms with E-state index in [1.807, 2.05) is 37.3 Å². The molecule has 1 aliphatic heterocycles. The van der Waals surface area contributed by atoms with Crippen LogP contribution >= 0.6 is 0 Å². The van der Waals surface area contributed by atoms with Crippen LogP contribution in [-0.2, 0) is 4.74 Å². The summed E-state index contributed by atoms with van der Waals surface area (Å²) in [6.07, 6.45) is -0.418. The molecule has 2 atom stereocenters. The van der Waals surface area contributed by atoms with E-state index in [2.05, 4.69) is 0 Å². The van der Waals surface area contributed by atoms with E-state index in [0.717, 1.165) is 5.56 Å². The molecule has 0 bridgehead atoms. The molecular formula is C17H16FNO2. The number of rotatable bonds is 2. The van der Waals surface area contributed by atoms with Gasteiger partial charge in [-0.3, -0.25) is 4.79 Å². The molecule has 0 saturated carbocycles. The average molecular weight is 285 g/mol. The van der Waals surface area contributed by atoms with Crippen molar-refractivity contribution in [2.75, 3.05) is 6.54 Å². The van der Waals surface area contributed by atoms with Gasteiger partial charge in [-0.2, -0.15) is 0 Å². The normalized spacial score (nSPS) is 21.5. The van der Waals surface area contributed by atoms with E-state index in [0.29, 0.717) is 12.1 Å². The van der Waals surface area contributed by atoms with Gasteiger partial charge in [-0.05, 0) is 36.8 Å². The fourth-order valence-electron chi connectivity index (χ4n) is 2.54. The quantitative estimate of drug-likeness (QED) is 0.846. The zero-order chi connectivity index (χ0) is 14.8. The fraction of sp³-hybridized carbons (Fsp3) is 0.235. The maximum absolute atomic E-state index is 12.9. The summed E-state index contributed by atoms with van der Waals surface area (Å²) < 4.78 is 18.8. The first-order chi connectivity index (χ1) is 10.1. The molecule has 3 nitrogen and oxygen atoms in total. The van der Waals surface area contributed by atoms with Gasteiger partial charge in [0.05, 0.1) is 6.54 Å². The van der Waals surface area contributed by atoms with E-state index in [9.17, 15) is 9.18 Å². The lowest BCUT2D eigenvalue weighted by Crippen LogP contribution is -2.34. The summed E-state index contributed by atoms with van der Waals surface area (Å²) in [4.78, 5) is 14.1. The van der Waals surface area contributed by atoms with Crippen LogP contribution in [0.3, 0.4) is 0 Å². The Morgan fingerprint density at radius 2 is 1.81 bits per heavy atom. The first kappa shape index (κ1) is 13.8. The van der Waals surface area contributed by atoms with Gasteiger partial charge in [-0.15, -0.1) is 0 Å². The maximum Gasteiger partial charge on any atom is 0.255 e. The zero-order valence-corrected chi connectivity index (χ0v) is 11.7. The van der Waals surface area contributed by atoms with Gasteiger partial charge in [0.1, 0.15) is 18.1 Å². The number of nitrogens with zero attached hydrogens (tertiary/aromatic N) is 1. The molecular weight excluding hydrogens is 269 g/mol. The molecule has 0 radical (unpaired) electrons.